The summed E-state index contributed by atoms with van der Waals surface area (Å²) in [6, 6.07) is 61.3. The lowest BCUT2D eigenvalue weighted by Crippen LogP contribution is -1.97. The van der Waals surface area contributed by atoms with Gasteiger partial charge in [0.2, 0.25) is 0 Å². The van der Waals surface area contributed by atoms with Gasteiger partial charge in [-0.25, -0.2) is 0 Å². The third-order valence-electron chi connectivity index (χ3n) is 10.6. The fourth-order valence-corrected chi connectivity index (χ4v) is 8.32. The van der Waals surface area contributed by atoms with Gasteiger partial charge in [0.15, 0.2) is 0 Å². The zero-order valence-corrected chi connectivity index (χ0v) is 28.4. The number of nitriles is 1. The van der Waals surface area contributed by atoms with Crippen LogP contribution in [0.1, 0.15) is 5.56 Å². The Hall–Kier alpha value is -7.35. The predicted octanol–water partition coefficient (Wildman–Crippen LogP) is 13.5. The van der Waals surface area contributed by atoms with E-state index in [1.54, 1.807) is 0 Å². The molecule has 0 spiro atoms. The van der Waals surface area contributed by atoms with E-state index in [9.17, 15) is 5.26 Å². The lowest BCUT2D eigenvalue weighted by Gasteiger charge is -2.17. The van der Waals surface area contributed by atoms with Gasteiger partial charge in [-0.3, -0.25) is 0 Å². The minimum absolute atomic E-state index is 0.611. The van der Waals surface area contributed by atoms with Crippen LogP contribution in [0.3, 0.4) is 0 Å². The molecular weight excluding hydrogens is 649 g/mol. The molecule has 3 heterocycles. The molecule has 11 rings (SSSR count). The van der Waals surface area contributed by atoms with Gasteiger partial charge in [-0.2, -0.15) is 5.26 Å². The molecule has 246 valence electrons. The van der Waals surface area contributed by atoms with Crippen molar-refractivity contribution in [2.45, 2.75) is 0 Å². The van der Waals surface area contributed by atoms with Gasteiger partial charge in [0.1, 0.15) is 22.3 Å². The lowest BCUT2D eigenvalue weighted by molar-refractivity contribution is 0.668. The average molecular weight is 677 g/mol. The number of aromatic nitrogens is 1. The highest BCUT2D eigenvalue weighted by Crippen LogP contribution is 2.45. The Balaban J connectivity index is 1.26. The van der Waals surface area contributed by atoms with Gasteiger partial charge in [-0.1, -0.05) is 103 Å². The molecule has 0 saturated heterocycles. The van der Waals surface area contributed by atoms with E-state index in [2.05, 4.69) is 120 Å². The summed E-state index contributed by atoms with van der Waals surface area (Å²) in [4.78, 5) is 0. The van der Waals surface area contributed by atoms with Crippen molar-refractivity contribution in [1.29, 1.82) is 5.26 Å². The quantitative estimate of drug-likeness (QED) is 0.186. The highest BCUT2D eigenvalue weighted by molar-refractivity contribution is 6.24. The predicted molar refractivity (Wildman–Crippen MR) is 216 cm³/mol. The minimum Gasteiger partial charge on any atom is -0.456 e. The van der Waals surface area contributed by atoms with Crippen LogP contribution < -0.4 is 0 Å². The number of fused-ring (bicyclic) bond motifs is 10. The van der Waals surface area contributed by atoms with Crippen LogP contribution in [0.25, 0.3) is 105 Å². The first kappa shape index (κ1) is 29.4. The van der Waals surface area contributed by atoms with E-state index in [0.717, 1.165) is 94.0 Å². The number of hydrogen-bond acceptors (Lipinski definition) is 3. The van der Waals surface area contributed by atoms with Crippen molar-refractivity contribution in [3.63, 3.8) is 0 Å². The first-order valence-electron chi connectivity index (χ1n) is 17.7. The molecule has 3 aromatic heterocycles. The molecule has 4 nitrogen and oxygen atoms in total. The maximum Gasteiger partial charge on any atom is 0.137 e. The smallest absolute Gasteiger partial charge is 0.137 e. The van der Waals surface area contributed by atoms with Crippen molar-refractivity contribution < 1.29 is 8.83 Å². The number of nitrogens with zero attached hydrogens (tertiary/aromatic N) is 2. The van der Waals surface area contributed by atoms with E-state index in [0.29, 0.717) is 5.56 Å². The fourth-order valence-electron chi connectivity index (χ4n) is 8.32. The normalized spacial score (nSPS) is 11.8. The van der Waals surface area contributed by atoms with Crippen LogP contribution in [0.4, 0.5) is 0 Å². The Kier molecular flexibility index (Phi) is 6.28. The van der Waals surface area contributed by atoms with E-state index in [1.807, 2.05) is 60.7 Å². The average Bonchev–Trinajstić information content (AvgIpc) is 3.90. The summed E-state index contributed by atoms with van der Waals surface area (Å²) >= 11 is 0. The summed E-state index contributed by atoms with van der Waals surface area (Å²) in [5.74, 6) is 0. The molecule has 0 aliphatic heterocycles. The Bertz CT molecular complexity index is 3300. The number of hydrogen-bond donors (Lipinski definition) is 0. The summed E-state index contributed by atoms with van der Waals surface area (Å²) in [6.45, 7) is 0. The molecule has 8 aromatic carbocycles. The van der Waals surface area contributed by atoms with E-state index in [1.165, 1.54) is 10.8 Å². The second kappa shape index (κ2) is 11.3. The zero-order chi connectivity index (χ0) is 35.0. The molecule has 53 heavy (non-hydrogen) atoms. The van der Waals surface area contributed by atoms with Crippen LogP contribution in [-0.2, 0) is 0 Å². The van der Waals surface area contributed by atoms with Crippen LogP contribution in [0, 0.1) is 11.3 Å². The summed E-state index contributed by atoms with van der Waals surface area (Å²) in [5.41, 5.74) is 13.4. The first-order chi connectivity index (χ1) is 26.2. The molecule has 0 aliphatic rings. The topological polar surface area (TPSA) is 55.0 Å². The van der Waals surface area contributed by atoms with E-state index >= 15 is 0 Å². The van der Waals surface area contributed by atoms with Crippen LogP contribution in [0.2, 0.25) is 0 Å². The van der Waals surface area contributed by atoms with Gasteiger partial charge >= 0.3 is 0 Å². The molecule has 0 amide bonds. The van der Waals surface area contributed by atoms with Gasteiger partial charge in [0.05, 0.1) is 28.1 Å². The van der Waals surface area contributed by atoms with Crippen molar-refractivity contribution in [2.24, 2.45) is 0 Å². The number of rotatable bonds is 4. The number of benzene rings is 8. The van der Waals surface area contributed by atoms with Crippen LogP contribution in [0.5, 0.6) is 0 Å². The molecule has 0 atom stereocenters. The van der Waals surface area contributed by atoms with E-state index < -0.39 is 0 Å². The van der Waals surface area contributed by atoms with Crippen molar-refractivity contribution in [2.75, 3.05) is 0 Å². The second-order valence-corrected chi connectivity index (χ2v) is 13.6. The summed E-state index contributed by atoms with van der Waals surface area (Å²) in [7, 11) is 0. The molecular formula is C49H28N2O2. The standard InChI is InChI=1S/C49H28N2O2/c50-29-30-25-32(31-11-2-1-3-12-31)27-33(26-30)35-22-21-34(28-41(35)37-16-10-20-45-47(37)39-14-5-8-18-43(39)52-45)51-42-17-7-4-13-36(42)38-23-24-46-48(49(38)51)40-15-6-9-19-44(40)53-46/h1-28H. The van der Waals surface area contributed by atoms with Crippen molar-refractivity contribution in [3.8, 4) is 45.1 Å². The Labute approximate surface area is 304 Å². The van der Waals surface area contributed by atoms with E-state index in [-0.39, 0.29) is 0 Å². The molecule has 0 N–H and O–H groups in total. The number of furan rings is 2. The Morgan fingerprint density at radius 1 is 0.415 bits per heavy atom. The minimum atomic E-state index is 0.611. The highest BCUT2D eigenvalue weighted by Gasteiger charge is 2.22. The van der Waals surface area contributed by atoms with Gasteiger partial charge in [-0.15, -0.1) is 0 Å². The molecule has 4 heteroatoms. The summed E-state index contributed by atoms with van der Waals surface area (Å²) in [6.07, 6.45) is 0. The second-order valence-electron chi connectivity index (χ2n) is 13.6. The molecule has 0 aliphatic carbocycles. The summed E-state index contributed by atoms with van der Waals surface area (Å²) in [5, 5.41) is 16.9. The third-order valence-corrected chi connectivity index (χ3v) is 10.6. The maximum atomic E-state index is 10.2. The highest BCUT2D eigenvalue weighted by atomic mass is 16.3. The molecule has 11 aromatic rings. The lowest BCUT2D eigenvalue weighted by atomic mass is 9.89. The Morgan fingerprint density at radius 2 is 1.08 bits per heavy atom. The third kappa shape index (κ3) is 4.41. The fraction of sp³-hybridized carbons (Fsp3) is 0. The zero-order valence-electron chi connectivity index (χ0n) is 28.4. The molecule has 0 radical (unpaired) electrons. The van der Waals surface area contributed by atoms with Crippen LogP contribution in [-0.4, -0.2) is 4.57 Å². The van der Waals surface area contributed by atoms with Crippen molar-refractivity contribution >= 4 is 65.7 Å². The van der Waals surface area contributed by atoms with Gasteiger partial charge in [0, 0.05) is 32.6 Å². The van der Waals surface area contributed by atoms with Crippen molar-refractivity contribution in [3.05, 3.63) is 175 Å². The summed E-state index contributed by atoms with van der Waals surface area (Å²) < 4.78 is 15.2. The Morgan fingerprint density at radius 3 is 1.87 bits per heavy atom. The monoisotopic (exact) mass is 676 g/mol. The van der Waals surface area contributed by atoms with E-state index in [4.69, 9.17) is 8.83 Å². The van der Waals surface area contributed by atoms with Crippen molar-refractivity contribution in [1.82, 2.24) is 4.57 Å². The molecule has 0 fully saturated rings. The van der Waals surface area contributed by atoms with Crippen LogP contribution in [0.15, 0.2) is 179 Å². The maximum absolute atomic E-state index is 10.2. The molecule has 0 bridgehead atoms. The SMILES string of the molecule is N#Cc1cc(-c2ccccc2)cc(-c2ccc(-n3c4ccccc4c4ccc5oc6ccccc6c5c43)cc2-c2cccc3oc4ccccc4c23)c1. The molecule has 0 saturated carbocycles. The number of para-hydroxylation sites is 3. The van der Waals surface area contributed by atoms with Gasteiger partial charge in [-0.05, 0) is 100 Å². The van der Waals surface area contributed by atoms with Gasteiger partial charge in [0.25, 0.3) is 0 Å². The van der Waals surface area contributed by atoms with Gasteiger partial charge < -0.3 is 13.4 Å². The largest absolute Gasteiger partial charge is 0.456 e. The first-order valence-corrected chi connectivity index (χ1v) is 17.7. The van der Waals surface area contributed by atoms with Crippen LogP contribution >= 0.6 is 0 Å². The molecule has 0 unspecified atom stereocenters.